The Hall–Kier alpha value is -1.99. The molecule has 1 aromatic rings. The summed E-state index contributed by atoms with van der Waals surface area (Å²) in [5.41, 5.74) is 0.349. The third kappa shape index (κ3) is 6.19. The number of hydrogen-bond acceptors (Lipinski definition) is 3. The van der Waals surface area contributed by atoms with E-state index < -0.39 is 24.0 Å². The van der Waals surface area contributed by atoms with Crippen molar-refractivity contribution >= 4 is 46.9 Å². The minimum atomic E-state index is -1.24. The highest BCUT2D eigenvalue weighted by Crippen LogP contribution is 2.24. The fourth-order valence-corrected chi connectivity index (χ4v) is 1.91. The molecular weight excluding hydrogens is 335 g/mol. The predicted molar refractivity (Wildman–Crippen MR) is 81.5 cm³/mol. The van der Waals surface area contributed by atoms with Crippen LogP contribution in [0.15, 0.2) is 18.2 Å². The molecule has 0 aliphatic carbocycles. The number of amides is 2. The maximum Gasteiger partial charge on any atom is 0.326 e. The minimum absolute atomic E-state index is 0.0103. The third-order valence-corrected chi connectivity index (χ3v) is 3.40. The Morgan fingerprint density at radius 3 is 2.36 bits per heavy atom. The molecule has 1 atom stereocenters. The lowest BCUT2D eigenvalue weighted by atomic mass is 10.1. The maximum absolute atomic E-state index is 11.7. The van der Waals surface area contributed by atoms with E-state index in [9.17, 15) is 14.4 Å². The van der Waals surface area contributed by atoms with Crippen LogP contribution in [0.25, 0.3) is 0 Å². The number of benzene rings is 1. The number of aliphatic carboxylic acids is 2. The van der Waals surface area contributed by atoms with Crippen molar-refractivity contribution in [2.45, 2.75) is 25.3 Å². The van der Waals surface area contributed by atoms with E-state index in [0.717, 1.165) is 0 Å². The Labute approximate surface area is 136 Å². The highest BCUT2D eigenvalue weighted by atomic mass is 35.5. The summed E-state index contributed by atoms with van der Waals surface area (Å²) in [4.78, 5) is 33.2. The number of carboxylic acids is 2. The van der Waals surface area contributed by atoms with E-state index in [0.29, 0.717) is 10.7 Å². The normalized spacial score (nSPS) is 11.5. The lowest BCUT2D eigenvalue weighted by Gasteiger charge is -2.15. The molecule has 0 aromatic heterocycles. The Morgan fingerprint density at radius 2 is 1.82 bits per heavy atom. The van der Waals surface area contributed by atoms with Gasteiger partial charge in [-0.3, -0.25) is 4.79 Å². The summed E-state index contributed by atoms with van der Waals surface area (Å²) in [5, 5.41) is 22.8. The molecule has 1 aromatic carbocycles. The highest BCUT2D eigenvalue weighted by molar-refractivity contribution is 6.42. The number of anilines is 1. The van der Waals surface area contributed by atoms with Gasteiger partial charge in [0.1, 0.15) is 6.04 Å². The Morgan fingerprint density at radius 1 is 1.14 bits per heavy atom. The fourth-order valence-electron chi connectivity index (χ4n) is 1.61. The molecule has 0 aliphatic rings. The summed E-state index contributed by atoms with van der Waals surface area (Å²) >= 11 is 11.5. The first-order valence-electron chi connectivity index (χ1n) is 6.26. The average Bonchev–Trinajstić information content (AvgIpc) is 2.41. The second kappa shape index (κ2) is 8.45. The van der Waals surface area contributed by atoms with Crippen LogP contribution < -0.4 is 10.6 Å². The summed E-state index contributed by atoms with van der Waals surface area (Å²) in [7, 11) is 0. The van der Waals surface area contributed by atoms with E-state index in [-0.39, 0.29) is 24.3 Å². The zero-order chi connectivity index (χ0) is 16.7. The molecule has 0 radical (unpaired) electrons. The number of urea groups is 1. The van der Waals surface area contributed by atoms with Crippen LogP contribution in [0.5, 0.6) is 0 Å². The van der Waals surface area contributed by atoms with Crippen molar-refractivity contribution in [3.63, 3.8) is 0 Å². The molecule has 1 unspecified atom stereocenters. The Kier molecular flexibility index (Phi) is 6.94. The molecule has 0 heterocycles. The van der Waals surface area contributed by atoms with Gasteiger partial charge in [0.25, 0.3) is 0 Å². The summed E-state index contributed by atoms with van der Waals surface area (Å²) in [6, 6.07) is 2.50. The molecule has 4 N–H and O–H groups in total. The van der Waals surface area contributed by atoms with Crippen LogP contribution >= 0.6 is 23.2 Å². The van der Waals surface area contributed by atoms with Gasteiger partial charge in [0, 0.05) is 12.1 Å². The largest absolute Gasteiger partial charge is 0.481 e. The van der Waals surface area contributed by atoms with E-state index in [1.54, 1.807) is 0 Å². The molecule has 0 saturated carbocycles. The first-order valence-corrected chi connectivity index (χ1v) is 7.02. The van der Waals surface area contributed by atoms with Crippen molar-refractivity contribution in [2.24, 2.45) is 0 Å². The van der Waals surface area contributed by atoms with Crippen LogP contribution in [-0.4, -0.2) is 34.2 Å². The highest BCUT2D eigenvalue weighted by Gasteiger charge is 2.20. The lowest BCUT2D eigenvalue weighted by Crippen LogP contribution is -2.43. The van der Waals surface area contributed by atoms with Gasteiger partial charge < -0.3 is 20.8 Å². The van der Waals surface area contributed by atoms with Crippen LogP contribution in [0.1, 0.15) is 19.3 Å². The van der Waals surface area contributed by atoms with Crippen molar-refractivity contribution in [1.29, 1.82) is 0 Å². The molecule has 0 bridgehead atoms. The van der Waals surface area contributed by atoms with Gasteiger partial charge in [-0.2, -0.15) is 0 Å². The Balaban J connectivity index is 2.57. The number of carbonyl (C=O) groups excluding carboxylic acids is 1. The number of carbonyl (C=O) groups is 3. The SMILES string of the molecule is O=C(O)CCCC(NC(=O)Nc1ccc(Cl)c(Cl)c1)C(=O)O. The molecule has 120 valence electrons. The van der Waals surface area contributed by atoms with Gasteiger partial charge in [-0.1, -0.05) is 23.2 Å². The van der Waals surface area contributed by atoms with Crippen LogP contribution in [0.4, 0.5) is 10.5 Å². The molecule has 0 saturated heterocycles. The van der Waals surface area contributed by atoms with Gasteiger partial charge in [-0.25, -0.2) is 9.59 Å². The van der Waals surface area contributed by atoms with E-state index in [1.165, 1.54) is 18.2 Å². The van der Waals surface area contributed by atoms with Gasteiger partial charge in [0.2, 0.25) is 0 Å². The van der Waals surface area contributed by atoms with Crippen molar-refractivity contribution in [1.82, 2.24) is 5.32 Å². The van der Waals surface area contributed by atoms with Gasteiger partial charge in [-0.05, 0) is 31.0 Å². The number of hydrogen-bond donors (Lipinski definition) is 4. The number of nitrogens with one attached hydrogen (secondary N) is 2. The van der Waals surface area contributed by atoms with Crippen LogP contribution in [0.2, 0.25) is 10.0 Å². The van der Waals surface area contributed by atoms with Crippen molar-refractivity contribution < 1.29 is 24.6 Å². The van der Waals surface area contributed by atoms with Crippen LogP contribution in [-0.2, 0) is 9.59 Å². The second-order valence-electron chi connectivity index (χ2n) is 4.40. The number of halogens is 2. The quantitative estimate of drug-likeness (QED) is 0.604. The molecule has 0 aliphatic heterocycles. The molecule has 1 rings (SSSR count). The zero-order valence-corrected chi connectivity index (χ0v) is 12.8. The first-order chi connectivity index (χ1) is 10.3. The molecular formula is C13H14Cl2N2O5. The van der Waals surface area contributed by atoms with Gasteiger partial charge >= 0.3 is 18.0 Å². The first kappa shape index (κ1) is 18.1. The zero-order valence-electron chi connectivity index (χ0n) is 11.3. The van der Waals surface area contributed by atoms with Gasteiger partial charge in [-0.15, -0.1) is 0 Å². The maximum atomic E-state index is 11.7. The standard InChI is InChI=1S/C13H14Cl2N2O5/c14-8-5-4-7(6-9(8)15)16-13(22)17-10(12(20)21)2-1-3-11(18)19/h4-6,10H,1-3H2,(H,18,19)(H,20,21)(H2,16,17,22). The van der Waals surface area contributed by atoms with Crippen molar-refractivity contribution in [3.8, 4) is 0 Å². The molecule has 2 amide bonds. The molecule has 0 fully saturated rings. The van der Waals surface area contributed by atoms with Crippen molar-refractivity contribution in [3.05, 3.63) is 28.2 Å². The Bertz CT molecular complexity index is 580. The topological polar surface area (TPSA) is 116 Å². The minimum Gasteiger partial charge on any atom is -0.481 e. The van der Waals surface area contributed by atoms with E-state index >= 15 is 0 Å². The summed E-state index contributed by atoms with van der Waals surface area (Å²) in [5.74, 6) is -2.26. The average molecular weight is 349 g/mol. The summed E-state index contributed by atoms with van der Waals surface area (Å²) in [6.45, 7) is 0. The molecule has 22 heavy (non-hydrogen) atoms. The van der Waals surface area contributed by atoms with Gasteiger partial charge in [0.15, 0.2) is 0 Å². The smallest absolute Gasteiger partial charge is 0.326 e. The third-order valence-electron chi connectivity index (χ3n) is 2.66. The number of carboxylic acid groups (broad SMARTS) is 2. The van der Waals surface area contributed by atoms with Crippen LogP contribution in [0, 0.1) is 0 Å². The number of rotatable bonds is 7. The fraction of sp³-hybridized carbons (Fsp3) is 0.308. The second-order valence-corrected chi connectivity index (χ2v) is 5.22. The van der Waals surface area contributed by atoms with E-state index in [4.69, 9.17) is 33.4 Å². The van der Waals surface area contributed by atoms with Gasteiger partial charge in [0.05, 0.1) is 10.0 Å². The lowest BCUT2D eigenvalue weighted by molar-refractivity contribution is -0.140. The van der Waals surface area contributed by atoms with E-state index in [2.05, 4.69) is 10.6 Å². The molecule has 9 heteroatoms. The van der Waals surface area contributed by atoms with Crippen molar-refractivity contribution in [2.75, 3.05) is 5.32 Å². The summed E-state index contributed by atoms with van der Waals surface area (Å²) < 4.78 is 0. The predicted octanol–water partition coefficient (Wildman–Crippen LogP) is 2.82. The van der Waals surface area contributed by atoms with Crippen LogP contribution in [0.3, 0.4) is 0 Å². The molecule has 7 nitrogen and oxygen atoms in total. The monoisotopic (exact) mass is 348 g/mol. The molecule has 0 spiro atoms. The van der Waals surface area contributed by atoms with E-state index in [1.807, 2.05) is 0 Å². The summed E-state index contributed by atoms with van der Waals surface area (Å²) in [6.07, 6.45) is -0.0182.